The maximum atomic E-state index is 6.14. The summed E-state index contributed by atoms with van der Waals surface area (Å²) in [6, 6.07) is 7.30. The highest BCUT2D eigenvalue weighted by Gasteiger charge is 2.31. The molecular formula is C13H18BrIN2. The monoisotopic (exact) mass is 408 g/mol. The van der Waals surface area contributed by atoms with Crippen molar-refractivity contribution < 1.29 is 0 Å². The fourth-order valence-electron chi connectivity index (χ4n) is 2.44. The summed E-state index contributed by atoms with van der Waals surface area (Å²) in [6.45, 7) is 5.59. The van der Waals surface area contributed by atoms with E-state index in [1.54, 1.807) is 0 Å². The molecule has 3 unspecified atom stereocenters. The van der Waals surface area contributed by atoms with Crippen LogP contribution in [0.2, 0.25) is 0 Å². The molecule has 0 aromatic heterocycles. The number of anilines is 1. The standard InChI is InChI=1S/C13H18BrIN2/c1-8-9(2)17(6-5-12(8)16)13-7-10(14)3-4-11(13)15/h3-4,7-9,12H,5-6,16H2,1-2H3. The fraction of sp³-hybridized carbons (Fsp3) is 0.538. The van der Waals surface area contributed by atoms with Crippen LogP contribution in [0.25, 0.3) is 0 Å². The summed E-state index contributed by atoms with van der Waals surface area (Å²) in [4.78, 5) is 2.49. The number of hydrogen-bond acceptors (Lipinski definition) is 2. The predicted molar refractivity (Wildman–Crippen MR) is 85.4 cm³/mol. The van der Waals surface area contributed by atoms with E-state index >= 15 is 0 Å². The van der Waals surface area contributed by atoms with Crippen LogP contribution >= 0.6 is 38.5 Å². The van der Waals surface area contributed by atoms with Gasteiger partial charge in [-0.2, -0.15) is 0 Å². The minimum Gasteiger partial charge on any atom is -0.368 e. The van der Waals surface area contributed by atoms with Crippen molar-refractivity contribution in [2.75, 3.05) is 11.4 Å². The Bertz CT molecular complexity index is 410. The van der Waals surface area contributed by atoms with Crippen molar-refractivity contribution in [3.8, 4) is 0 Å². The van der Waals surface area contributed by atoms with Gasteiger partial charge in [-0.05, 0) is 60.1 Å². The van der Waals surface area contributed by atoms with Crippen LogP contribution in [0, 0.1) is 9.49 Å². The molecule has 0 radical (unpaired) electrons. The third-order valence-electron chi connectivity index (χ3n) is 3.85. The van der Waals surface area contributed by atoms with Crippen molar-refractivity contribution in [2.45, 2.75) is 32.4 Å². The number of piperidine rings is 1. The molecule has 0 bridgehead atoms. The molecule has 0 saturated carbocycles. The summed E-state index contributed by atoms with van der Waals surface area (Å²) >= 11 is 5.96. The Morgan fingerprint density at radius 3 is 2.82 bits per heavy atom. The van der Waals surface area contributed by atoms with Gasteiger partial charge < -0.3 is 10.6 Å². The van der Waals surface area contributed by atoms with Crippen LogP contribution in [0.4, 0.5) is 5.69 Å². The van der Waals surface area contributed by atoms with E-state index in [9.17, 15) is 0 Å². The van der Waals surface area contributed by atoms with Crippen LogP contribution in [0.3, 0.4) is 0 Å². The maximum Gasteiger partial charge on any atom is 0.0515 e. The van der Waals surface area contributed by atoms with Crippen LogP contribution in [0.1, 0.15) is 20.3 Å². The lowest BCUT2D eigenvalue weighted by Gasteiger charge is -2.43. The zero-order chi connectivity index (χ0) is 12.6. The summed E-state index contributed by atoms with van der Waals surface area (Å²) in [5, 5.41) is 0. The first-order valence-electron chi connectivity index (χ1n) is 5.98. The average molecular weight is 409 g/mol. The lowest BCUT2D eigenvalue weighted by molar-refractivity contribution is 0.315. The number of benzene rings is 1. The fourth-order valence-corrected chi connectivity index (χ4v) is 3.44. The molecule has 0 amide bonds. The van der Waals surface area contributed by atoms with Crippen molar-refractivity contribution in [3.63, 3.8) is 0 Å². The van der Waals surface area contributed by atoms with E-state index in [1.807, 2.05) is 0 Å². The lowest BCUT2D eigenvalue weighted by Crippen LogP contribution is -2.52. The van der Waals surface area contributed by atoms with Crippen LogP contribution in [-0.4, -0.2) is 18.6 Å². The van der Waals surface area contributed by atoms with Gasteiger partial charge >= 0.3 is 0 Å². The maximum absolute atomic E-state index is 6.14. The van der Waals surface area contributed by atoms with Crippen LogP contribution in [0.5, 0.6) is 0 Å². The van der Waals surface area contributed by atoms with Crippen LogP contribution < -0.4 is 10.6 Å². The average Bonchev–Trinajstić information content (AvgIpc) is 2.30. The third-order valence-corrected chi connectivity index (χ3v) is 5.25. The summed E-state index contributed by atoms with van der Waals surface area (Å²) < 4.78 is 2.45. The second kappa shape index (κ2) is 5.45. The summed E-state index contributed by atoms with van der Waals surface area (Å²) in [5.74, 6) is 0.540. The highest BCUT2D eigenvalue weighted by Crippen LogP contribution is 2.33. The Balaban J connectivity index is 2.30. The van der Waals surface area contributed by atoms with Crippen molar-refractivity contribution in [1.82, 2.24) is 0 Å². The molecule has 1 fully saturated rings. The Hall–Kier alpha value is 0.190. The Labute approximate surface area is 125 Å². The van der Waals surface area contributed by atoms with Gasteiger partial charge in [0.05, 0.1) is 5.69 Å². The Kier molecular flexibility index (Phi) is 4.36. The van der Waals surface area contributed by atoms with Gasteiger partial charge in [-0.3, -0.25) is 0 Å². The molecule has 1 heterocycles. The topological polar surface area (TPSA) is 29.3 Å². The molecule has 94 valence electrons. The zero-order valence-electron chi connectivity index (χ0n) is 10.2. The first-order valence-corrected chi connectivity index (χ1v) is 7.85. The number of nitrogens with two attached hydrogens (primary N) is 1. The lowest BCUT2D eigenvalue weighted by atomic mass is 9.87. The molecule has 2 nitrogen and oxygen atoms in total. The van der Waals surface area contributed by atoms with E-state index in [4.69, 9.17) is 5.73 Å². The van der Waals surface area contributed by atoms with Gasteiger partial charge in [-0.1, -0.05) is 22.9 Å². The van der Waals surface area contributed by atoms with Crippen LogP contribution in [-0.2, 0) is 0 Å². The van der Waals surface area contributed by atoms with Gasteiger partial charge in [0.1, 0.15) is 0 Å². The number of rotatable bonds is 1. The van der Waals surface area contributed by atoms with Gasteiger partial charge in [-0.25, -0.2) is 0 Å². The molecule has 0 aliphatic carbocycles. The smallest absolute Gasteiger partial charge is 0.0515 e. The highest BCUT2D eigenvalue weighted by molar-refractivity contribution is 14.1. The molecule has 4 heteroatoms. The van der Waals surface area contributed by atoms with E-state index in [1.165, 1.54) is 9.26 Å². The molecule has 1 aromatic carbocycles. The molecule has 1 saturated heterocycles. The number of hydrogen-bond donors (Lipinski definition) is 1. The molecule has 1 aromatic rings. The largest absolute Gasteiger partial charge is 0.368 e. The third kappa shape index (κ3) is 2.79. The molecule has 0 spiro atoms. The van der Waals surface area contributed by atoms with Crippen molar-refractivity contribution in [3.05, 3.63) is 26.2 Å². The first-order chi connectivity index (χ1) is 8.00. The Morgan fingerprint density at radius 2 is 2.12 bits per heavy atom. The SMILES string of the molecule is CC1C(N)CCN(c2cc(Br)ccc2I)C1C. The van der Waals surface area contributed by atoms with E-state index in [0.29, 0.717) is 18.0 Å². The molecule has 1 aliphatic rings. The van der Waals surface area contributed by atoms with Gasteiger partial charge in [0.15, 0.2) is 0 Å². The molecule has 17 heavy (non-hydrogen) atoms. The second-order valence-electron chi connectivity index (χ2n) is 4.84. The van der Waals surface area contributed by atoms with Crippen molar-refractivity contribution >= 4 is 44.2 Å². The number of nitrogens with zero attached hydrogens (tertiary/aromatic N) is 1. The second-order valence-corrected chi connectivity index (χ2v) is 6.92. The van der Waals surface area contributed by atoms with E-state index in [0.717, 1.165) is 17.4 Å². The highest BCUT2D eigenvalue weighted by atomic mass is 127. The van der Waals surface area contributed by atoms with Crippen LogP contribution in [0.15, 0.2) is 22.7 Å². The quantitative estimate of drug-likeness (QED) is 0.719. The molecule has 1 aliphatic heterocycles. The molecule has 2 N–H and O–H groups in total. The van der Waals surface area contributed by atoms with E-state index in [-0.39, 0.29) is 0 Å². The van der Waals surface area contributed by atoms with Gasteiger partial charge in [0.2, 0.25) is 0 Å². The van der Waals surface area contributed by atoms with Crippen molar-refractivity contribution in [1.29, 1.82) is 0 Å². The van der Waals surface area contributed by atoms with Gasteiger partial charge in [0, 0.05) is 26.7 Å². The first kappa shape index (κ1) is 13.6. The van der Waals surface area contributed by atoms with Gasteiger partial charge in [-0.15, -0.1) is 0 Å². The molecule has 2 rings (SSSR count). The minimum absolute atomic E-state index is 0.339. The molecule has 3 atom stereocenters. The van der Waals surface area contributed by atoms with Gasteiger partial charge in [0.25, 0.3) is 0 Å². The normalized spacial score (nSPS) is 29.5. The summed E-state index contributed by atoms with van der Waals surface area (Å²) in [6.07, 6.45) is 1.08. The van der Waals surface area contributed by atoms with E-state index < -0.39 is 0 Å². The number of halogens is 2. The molecular weight excluding hydrogens is 391 g/mol. The van der Waals surface area contributed by atoms with Crippen molar-refractivity contribution in [2.24, 2.45) is 11.7 Å². The summed E-state index contributed by atoms with van der Waals surface area (Å²) in [7, 11) is 0. The summed E-state index contributed by atoms with van der Waals surface area (Å²) in [5.41, 5.74) is 7.46. The minimum atomic E-state index is 0.339. The Morgan fingerprint density at radius 1 is 1.41 bits per heavy atom. The zero-order valence-corrected chi connectivity index (χ0v) is 13.9. The van der Waals surface area contributed by atoms with E-state index in [2.05, 4.69) is 75.5 Å². The predicted octanol–water partition coefficient (Wildman–Crippen LogP) is 3.62.